The molecule has 0 aliphatic carbocycles. The van der Waals surface area contributed by atoms with Crippen molar-refractivity contribution < 1.29 is 4.74 Å². The van der Waals surface area contributed by atoms with Crippen LogP contribution in [-0.2, 0) is 0 Å². The Balaban J connectivity index is 2.36. The summed E-state index contributed by atoms with van der Waals surface area (Å²) >= 11 is 0. The molecule has 0 aliphatic rings. The molecule has 1 unspecified atom stereocenters. The van der Waals surface area contributed by atoms with Gasteiger partial charge in [-0.25, -0.2) is 0 Å². The normalized spacial score (nSPS) is 12.5. The van der Waals surface area contributed by atoms with Gasteiger partial charge < -0.3 is 10.1 Å². The lowest BCUT2D eigenvalue weighted by atomic mass is 10.1. The Labute approximate surface area is 112 Å². The first-order valence-corrected chi connectivity index (χ1v) is 6.92. The fraction of sp³-hybridized carbons (Fsp3) is 0.625. The van der Waals surface area contributed by atoms with E-state index in [4.69, 9.17) is 4.74 Å². The van der Waals surface area contributed by atoms with Crippen molar-refractivity contribution in [2.45, 2.75) is 53.0 Å². The Morgan fingerprint density at radius 3 is 2.56 bits per heavy atom. The maximum atomic E-state index is 5.89. The predicted molar refractivity (Wildman–Crippen MR) is 78.5 cm³/mol. The van der Waals surface area contributed by atoms with Gasteiger partial charge >= 0.3 is 0 Å². The van der Waals surface area contributed by atoms with E-state index in [2.05, 4.69) is 45.1 Å². The number of benzene rings is 1. The molecule has 2 heteroatoms. The molecule has 0 saturated carbocycles. The minimum atomic E-state index is 0.605. The third kappa shape index (κ3) is 4.69. The van der Waals surface area contributed by atoms with E-state index in [0.29, 0.717) is 6.04 Å². The standard InChI is InChI=1S/C16H27NO/c1-12-10-13(2)15(4)16(11-12)18-9-7-6-8-14(3)17-5/h10-11,14,17H,6-9H2,1-5H3. The quantitative estimate of drug-likeness (QED) is 0.743. The topological polar surface area (TPSA) is 21.3 Å². The first kappa shape index (κ1) is 15.0. The number of hydrogen-bond acceptors (Lipinski definition) is 2. The number of ether oxygens (including phenoxy) is 1. The molecule has 1 rings (SSSR count). The fourth-order valence-electron chi connectivity index (χ4n) is 2.03. The van der Waals surface area contributed by atoms with Crippen molar-refractivity contribution in [1.29, 1.82) is 0 Å². The van der Waals surface area contributed by atoms with E-state index in [1.54, 1.807) is 0 Å². The van der Waals surface area contributed by atoms with Gasteiger partial charge in [-0.05, 0) is 76.8 Å². The van der Waals surface area contributed by atoms with Crippen LogP contribution < -0.4 is 10.1 Å². The Hall–Kier alpha value is -1.02. The molecule has 0 saturated heterocycles. The summed E-state index contributed by atoms with van der Waals surface area (Å²) in [6.07, 6.45) is 3.55. The third-order valence-corrected chi connectivity index (χ3v) is 3.55. The van der Waals surface area contributed by atoms with Crippen molar-refractivity contribution in [3.05, 3.63) is 28.8 Å². The molecular weight excluding hydrogens is 222 g/mol. The molecule has 0 bridgehead atoms. The maximum absolute atomic E-state index is 5.89. The van der Waals surface area contributed by atoms with Crippen LogP contribution in [0.1, 0.15) is 42.9 Å². The van der Waals surface area contributed by atoms with Crippen LogP contribution in [0.25, 0.3) is 0 Å². The summed E-state index contributed by atoms with van der Waals surface area (Å²) in [7, 11) is 2.01. The van der Waals surface area contributed by atoms with Crippen LogP contribution in [0.2, 0.25) is 0 Å². The lowest BCUT2D eigenvalue weighted by Gasteiger charge is -2.13. The van der Waals surface area contributed by atoms with Crippen LogP contribution in [0.15, 0.2) is 12.1 Å². The lowest BCUT2D eigenvalue weighted by molar-refractivity contribution is 0.300. The summed E-state index contributed by atoms with van der Waals surface area (Å²) in [5.74, 6) is 1.05. The molecule has 0 heterocycles. The van der Waals surface area contributed by atoms with Gasteiger partial charge in [-0.1, -0.05) is 6.07 Å². The summed E-state index contributed by atoms with van der Waals surface area (Å²) < 4.78 is 5.89. The van der Waals surface area contributed by atoms with Crippen LogP contribution in [0.5, 0.6) is 5.75 Å². The van der Waals surface area contributed by atoms with Gasteiger partial charge in [0.25, 0.3) is 0 Å². The molecule has 0 amide bonds. The molecule has 1 aromatic rings. The summed E-state index contributed by atoms with van der Waals surface area (Å²) in [5.41, 5.74) is 3.86. The average Bonchev–Trinajstić information content (AvgIpc) is 2.34. The number of unbranched alkanes of at least 4 members (excludes halogenated alkanes) is 1. The number of nitrogens with one attached hydrogen (secondary N) is 1. The number of aryl methyl sites for hydroxylation is 2. The SMILES string of the molecule is CNC(C)CCCCOc1cc(C)cc(C)c1C. The highest BCUT2D eigenvalue weighted by molar-refractivity contribution is 5.41. The van der Waals surface area contributed by atoms with Gasteiger partial charge in [-0.3, -0.25) is 0 Å². The third-order valence-electron chi connectivity index (χ3n) is 3.55. The predicted octanol–water partition coefficient (Wildman–Crippen LogP) is 3.77. The van der Waals surface area contributed by atoms with Crippen molar-refractivity contribution >= 4 is 0 Å². The lowest BCUT2D eigenvalue weighted by Crippen LogP contribution is -2.20. The van der Waals surface area contributed by atoms with Gasteiger partial charge in [0.1, 0.15) is 5.75 Å². The molecule has 0 fully saturated rings. The summed E-state index contributed by atoms with van der Waals surface area (Å²) in [6.45, 7) is 9.43. The first-order chi connectivity index (χ1) is 8.54. The molecule has 2 nitrogen and oxygen atoms in total. The van der Waals surface area contributed by atoms with Crippen LogP contribution in [0.4, 0.5) is 0 Å². The summed E-state index contributed by atoms with van der Waals surface area (Å²) in [4.78, 5) is 0. The first-order valence-electron chi connectivity index (χ1n) is 6.92. The molecular formula is C16H27NO. The second-order valence-corrected chi connectivity index (χ2v) is 5.24. The van der Waals surface area contributed by atoms with Gasteiger partial charge in [0.05, 0.1) is 6.61 Å². The molecule has 0 aliphatic heterocycles. The largest absolute Gasteiger partial charge is 0.493 e. The van der Waals surface area contributed by atoms with E-state index >= 15 is 0 Å². The summed E-state index contributed by atoms with van der Waals surface area (Å²) in [5, 5.41) is 3.26. The zero-order valence-corrected chi connectivity index (χ0v) is 12.5. The van der Waals surface area contributed by atoms with Crippen LogP contribution in [-0.4, -0.2) is 19.7 Å². The highest BCUT2D eigenvalue weighted by atomic mass is 16.5. The van der Waals surface area contributed by atoms with Crippen LogP contribution >= 0.6 is 0 Å². The van der Waals surface area contributed by atoms with Gasteiger partial charge in [-0.2, -0.15) is 0 Å². The average molecular weight is 249 g/mol. The zero-order chi connectivity index (χ0) is 13.5. The van der Waals surface area contributed by atoms with E-state index in [0.717, 1.165) is 18.8 Å². The smallest absolute Gasteiger partial charge is 0.122 e. The van der Waals surface area contributed by atoms with Gasteiger partial charge in [0, 0.05) is 6.04 Å². The van der Waals surface area contributed by atoms with Crippen molar-refractivity contribution in [1.82, 2.24) is 5.32 Å². The van der Waals surface area contributed by atoms with Gasteiger partial charge in [0.15, 0.2) is 0 Å². The van der Waals surface area contributed by atoms with E-state index in [9.17, 15) is 0 Å². The minimum absolute atomic E-state index is 0.605. The fourth-order valence-corrected chi connectivity index (χ4v) is 2.03. The van der Waals surface area contributed by atoms with Crippen molar-refractivity contribution in [2.24, 2.45) is 0 Å². The van der Waals surface area contributed by atoms with Gasteiger partial charge in [-0.15, -0.1) is 0 Å². The van der Waals surface area contributed by atoms with Gasteiger partial charge in [0.2, 0.25) is 0 Å². The summed E-state index contributed by atoms with van der Waals surface area (Å²) in [6, 6.07) is 4.95. The molecule has 1 atom stereocenters. The number of hydrogen-bond donors (Lipinski definition) is 1. The molecule has 18 heavy (non-hydrogen) atoms. The Morgan fingerprint density at radius 2 is 1.89 bits per heavy atom. The second-order valence-electron chi connectivity index (χ2n) is 5.24. The minimum Gasteiger partial charge on any atom is -0.493 e. The Kier molecular flexibility index (Phi) is 6.20. The molecule has 0 aromatic heterocycles. The Bertz CT molecular complexity index is 374. The monoisotopic (exact) mass is 249 g/mol. The molecule has 1 aromatic carbocycles. The number of rotatable bonds is 7. The van der Waals surface area contributed by atoms with Crippen LogP contribution in [0.3, 0.4) is 0 Å². The van der Waals surface area contributed by atoms with Crippen molar-refractivity contribution in [3.63, 3.8) is 0 Å². The molecule has 1 N–H and O–H groups in total. The highest BCUT2D eigenvalue weighted by Crippen LogP contribution is 2.23. The van der Waals surface area contributed by atoms with E-state index in [1.165, 1.54) is 29.5 Å². The maximum Gasteiger partial charge on any atom is 0.122 e. The van der Waals surface area contributed by atoms with E-state index in [1.807, 2.05) is 7.05 Å². The zero-order valence-electron chi connectivity index (χ0n) is 12.5. The van der Waals surface area contributed by atoms with E-state index < -0.39 is 0 Å². The van der Waals surface area contributed by atoms with Crippen LogP contribution in [0, 0.1) is 20.8 Å². The molecule has 0 radical (unpaired) electrons. The van der Waals surface area contributed by atoms with Crippen molar-refractivity contribution in [2.75, 3.05) is 13.7 Å². The molecule has 0 spiro atoms. The highest BCUT2D eigenvalue weighted by Gasteiger charge is 2.04. The van der Waals surface area contributed by atoms with Crippen molar-refractivity contribution in [3.8, 4) is 5.75 Å². The van der Waals surface area contributed by atoms with E-state index in [-0.39, 0.29) is 0 Å². The molecule has 102 valence electrons. The Morgan fingerprint density at radius 1 is 1.17 bits per heavy atom. The second kappa shape index (κ2) is 7.42.